The molecule has 1 heterocycles. The summed E-state index contributed by atoms with van der Waals surface area (Å²) in [6, 6.07) is 0. The molecule has 0 aromatic heterocycles. The Hall–Kier alpha value is -0.170. The van der Waals surface area contributed by atoms with Gasteiger partial charge in [0.1, 0.15) is 0 Å². The van der Waals surface area contributed by atoms with Crippen LogP contribution in [0.25, 0.3) is 0 Å². The van der Waals surface area contributed by atoms with Gasteiger partial charge in [-0.05, 0) is 12.8 Å². The number of nitrogens with two attached hydrogens (primary N) is 1. The van der Waals surface area contributed by atoms with Crippen LogP contribution in [0.3, 0.4) is 0 Å². The van der Waals surface area contributed by atoms with Gasteiger partial charge >= 0.3 is 0 Å². The third kappa shape index (κ3) is 3.22. The van der Waals surface area contributed by atoms with Crippen LogP contribution in [-0.4, -0.2) is 32.5 Å². The van der Waals surface area contributed by atoms with E-state index in [9.17, 15) is 8.42 Å². The Bertz CT molecular complexity index is 232. The molecule has 0 bridgehead atoms. The van der Waals surface area contributed by atoms with Crippen LogP contribution in [0.1, 0.15) is 25.7 Å². The first-order valence-electron chi connectivity index (χ1n) is 4.61. The Morgan fingerprint density at radius 1 is 1.15 bits per heavy atom. The van der Waals surface area contributed by atoms with Gasteiger partial charge in [0, 0.05) is 13.1 Å². The van der Waals surface area contributed by atoms with Crippen LogP contribution in [-0.2, 0) is 10.2 Å². The standard InChI is InChI=1S/C7H17N3O2S/c8-7-9-13(11,12)10-5-3-1-2-4-6-10/h9H,1-8H2. The molecule has 78 valence electrons. The normalized spacial score (nSPS) is 21.3. The number of hydrogen-bond acceptors (Lipinski definition) is 3. The predicted molar refractivity (Wildman–Crippen MR) is 51.2 cm³/mol. The van der Waals surface area contributed by atoms with Crippen LogP contribution < -0.4 is 10.5 Å². The summed E-state index contributed by atoms with van der Waals surface area (Å²) in [5.74, 6) is 0. The van der Waals surface area contributed by atoms with Crippen LogP contribution in [0, 0.1) is 0 Å². The van der Waals surface area contributed by atoms with Crippen molar-refractivity contribution in [2.24, 2.45) is 5.73 Å². The lowest BCUT2D eigenvalue weighted by Gasteiger charge is -2.19. The molecule has 1 fully saturated rings. The zero-order valence-electron chi connectivity index (χ0n) is 7.70. The largest absolute Gasteiger partial charge is 0.318 e. The summed E-state index contributed by atoms with van der Waals surface area (Å²) in [7, 11) is -3.30. The van der Waals surface area contributed by atoms with E-state index in [1.807, 2.05) is 0 Å². The topological polar surface area (TPSA) is 75.4 Å². The molecule has 6 heteroatoms. The van der Waals surface area contributed by atoms with E-state index in [0.717, 1.165) is 25.7 Å². The third-order valence-corrected chi connectivity index (χ3v) is 3.75. The maximum atomic E-state index is 11.5. The van der Waals surface area contributed by atoms with Crippen molar-refractivity contribution in [1.82, 2.24) is 9.03 Å². The predicted octanol–water partition coefficient (Wildman–Crippen LogP) is -0.387. The molecule has 13 heavy (non-hydrogen) atoms. The van der Waals surface area contributed by atoms with E-state index < -0.39 is 10.2 Å². The van der Waals surface area contributed by atoms with E-state index in [2.05, 4.69) is 4.72 Å². The smallest absolute Gasteiger partial charge is 0.280 e. The van der Waals surface area contributed by atoms with E-state index in [1.54, 1.807) is 0 Å². The summed E-state index contributed by atoms with van der Waals surface area (Å²) >= 11 is 0. The maximum absolute atomic E-state index is 11.5. The summed E-state index contributed by atoms with van der Waals surface area (Å²) in [6.07, 6.45) is 4.14. The lowest BCUT2D eigenvalue weighted by molar-refractivity contribution is 0.415. The quantitative estimate of drug-likeness (QED) is 0.619. The summed E-state index contributed by atoms with van der Waals surface area (Å²) < 4.78 is 26.7. The van der Waals surface area contributed by atoms with E-state index in [0.29, 0.717) is 13.1 Å². The molecule has 1 saturated heterocycles. The molecule has 0 spiro atoms. The van der Waals surface area contributed by atoms with E-state index >= 15 is 0 Å². The van der Waals surface area contributed by atoms with Crippen molar-refractivity contribution in [3.8, 4) is 0 Å². The molecule has 0 unspecified atom stereocenters. The van der Waals surface area contributed by atoms with Crippen molar-refractivity contribution in [3.05, 3.63) is 0 Å². The highest BCUT2D eigenvalue weighted by Gasteiger charge is 2.21. The van der Waals surface area contributed by atoms with Gasteiger partial charge in [-0.2, -0.15) is 17.4 Å². The molecule has 0 saturated carbocycles. The first-order valence-corrected chi connectivity index (χ1v) is 6.05. The number of hydrogen-bond donors (Lipinski definition) is 2. The Kier molecular flexibility index (Phi) is 4.11. The van der Waals surface area contributed by atoms with E-state index in [1.165, 1.54) is 4.31 Å². The lowest BCUT2D eigenvalue weighted by atomic mass is 10.2. The molecule has 0 aromatic carbocycles. The number of nitrogens with one attached hydrogen (secondary N) is 1. The van der Waals surface area contributed by atoms with Gasteiger partial charge < -0.3 is 5.73 Å². The minimum absolute atomic E-state index is 0.0289. The van der Waals surface area contributed by atoms with Gasteiger partial charge in [-0.1, -0.05) is 12.8 Å². The molecule has 0 aromatic rings. The lowest BCUT2D eigenvalue weighted by Crippen LogP contribution is -2.43. The highest BCUT2D eigenvalue weighted by molar-refractivity contribution is 7.87. The van der Waals surface area contributed by atoms with Crippen molar-refractivity contribution >= 4 is 10.2 Å². The molecule has 1 aliphatic rings. The molecular weight excluding hydrogens is 190 g/mol. The molecule has 0 aliphatic carbocycles. The van der Waals surface area contributed by atoms with Crippen molar-refractivity contribution in [2.75, 3.05) is 19.8 Å². The van der Waals surface area contributed by atoms with Gasteiger partial charge in [-0.15, -0.1) is 0 Å². The average Bonchev–Trinajstić information content (AvgIpc) is 2.31. The molecule has 0 amide bonds. The van der Waals surface area contributed by atoms with Crippen LogP contribution in [0.4, 0.5) is 0 Å². The van der Waals surface area contributed by atoms with E-state index in [4.69, 9.17) is 5.73 Å². The van der Waals surface area contributed by atoms with Crippen molar-refractivity contribution in [3.63, 3.8) is 0 Å². The van der Waals surface area contributed by atoms with Gasteiger partial charge in [0.15, 0.2) is 0 Å². The molecular formula is C7H17N3O2S. The van der Waals surface area contributed by atoms with Gasteiger partial charge in [-0.25, -0.2) is 0 Å². The summed E-state index contributed by atoms with van der Waals surface area (Å²) in [4.78, 5) is 0. The van der Waals surface area contributed by atoms with Crippen molar-refractivity contribution < 1.29 is 8.42 Å². The Balaban J connectivity index is 2.57. The fourth-order valence-electron chi connectivity index (χ4n) is 1.48. The van der Waals surface area contributed by atoms with Crippen molar-refractivity contribution in [1.29, 1.82) is 0 Å². The second-order valence-corrected chi connectivity index (χ2v) is 4.92. The molecule has 0 radical (unpaired) electrons. The van der Waals surface area contributed by atoms with Gasteiger partial charge in [0.05, 0.1) is 6.67 Å². The first-order chi connectivity index (χ1) is 6.17. The van der Waals surface area contributed by atoms with Gasteiger partial charge in [0.25, 0.3) is 10.2 Å². The molecule has 1 rings (SSSR count). The van der Waals surface area contributed by atoms with E-state index in [-0.39, 0.29) is 6.67 Å². The second-order valence-electron chi connectivity index (χ2n) is 3.17. The SMILES string of the molecule is NCNS(=O)(=O)N1CCCCCC1. The van der Waals surface area contributed by atoms with Crippen LogP contribution >= 0.6 is 0 Å². The summed E-state index contributed by atoms with van der Waals surface area (Å²) in [6.45, 7) is 1.21. The first kappa shape index (κ1) is 10.9. The summed E-state index contributed by atoms with van der Waals surface area (Å²) in [5.41, 5.74) is 5.14. The minimum atomic E-state index is -3.30. The highest BCUT2D eigenvalue weighted by Crippen LogP contribution is 2.11. The average molecular weight is 207 g/mol. The minimum Gasteiger partial charge on any atom is -0.318 e. The highest BCUT2D eigenvalue weighted by atomic mass is 32.2. The molecule has 3 N–H and O–H groups in total. The summed E-state index contributed by atoms with van der Waals surface area (Å²) in [5, 5.41) is 0. The monoisotopic (exact) mass is 207 g/mol. The van der Waals surface area contributed by atoms with Crippen LogP contribution in [0.5, 0.6) is 0 Å². The van der Waals surface area contributed by atoms with Crippen LogP contribution in [0.2, 0.25) is 0 Å². The molecule has 5 nitrogen and oxygen atoms in total. The zero-order chi connectivity index (χ0) is 9.73. The zero-order valence-corrected chi connectivity index (χ0v) is 8.52. The fraction of sp³-hybridized carbons (Fsp3) is 1.00. The van der Waals surface area contributed by atoms with Crippen molar-refractivity contribution in [2.45, 2.75) is 25.7 Å². The third-order valence-electron chi connectivity index (χ3n) is 2.17. The molecule has 0 atom stereocenters. The fourth-order valence-corrected chi connectivity index (χ4v) is 2.61. The number of nitrogens with zero attached hydrogens (tertiary/aromatic N) is 1. The Morgan fingerprint density at radius 3 is 2.15 bits per heavy atom. The van der Waals surface area contributed by atoms with Gasteiger partial charge in [-0.3, -0.25) is 0 Å². The Labute approximate surface area is 79.5 Å². The van der Waals surface area contributed by atoms with Crippen LogP contribution in [0.15, 0.2) is 0 Å². The van der Waals surface area contributed by atoms with Gasteiger partial charge in [0.2, 0.25) is 0 Å². The second kappa shape index (κ2) is 4.90. The number of rotatable bonds is 3. The maximum Gasteiger partial charge on any atom is 0.280 e. The molecule has 1 aliphatic heterocycles. The Morgan fingerprint density at radius 2 is 1.69 bits per heavy atom.